The van der Waals surface area contributed by atoms with E-state index in [1.807, 2.05) is 48.5 Å². The van der Waals surface area contributed by atoms with Crippen LogP contribution in [0.4, 0.5) is 5.69 Å². The summed E-state index contributed by atoms with van der Waals surface area (Å²) in [6.45, 7) is 0.297. The summed E-state index contributed by atoms with van der Waals surface area (Å²) in [5, 5.41) is 11.8. The third-order valence-corrected chi connectivity index (χ3v) is 3.65. The highest BCUT2D eigenvalue weighted by Crippen LogP contribution is 2.17. The topological polar surface area (TPSA) is 62.1 Å². The van der Waals surface area contributed by atoms with Crippen molar-refractivity contribution in [3.63, 3.8) is 0 Å². The van der Waals surface area contributed by atoms with Crippen molar-refractivity contribution >= 4 is 11.6 Å². The molecule has 0 aliphatic carbocycles. The van der Waals surface area contributed by atoms with E-state index in [4.69, 9.17) is 10.00 Å². The molecule has 25 heavy (non-hydrogen) atoms. The first kappa shape index (κ1) is 16.3. The van der Waals surface area contributed by atoms with Gasteiger partial charge in [-0.2, -0.15) is 5.26 Å². The second kappa shape index (κ2) is 7.80. The fraction of sp³-hybridized carbons (Fsp3) is 0.0476. The molecule has 0 aliphatic heterocycles. The quantitative estimate of drug-likeness (QED) is 0.755. The van der Waals surface area contributed by atoms with Crippen LogP contribution in [-0.4, -0.2) is 5.91 Å². The molecule has 0 aromatic heterocycles. The predicted molar refractivity (Wildman–Crippen MR) is 96.3 cm³/mol. The summed E-state index contributed by atoms with van der Waals surface area (Å²) in [4.78, 5) is 12.6. The molecule has 0 radical (unpaired) electrons. The molecule has 3 aromatic rings. The normalized spacial score (nSPS) is 9.88. The van der Waals surface area contributed by atoms with Gasteiger partial charge in [0.2, 0.25) is 0 Å². The van der Waals surface area contributed by atoms with Crippen molar-refractivity contribution in [2.24, 2.45) is 0 Å². The number of benzene rings is 3. The Kier molecular flexibility index (Phi) is 5.08. The van der Waals surface area contributed by atoms with Crippen molar-refractivity contribution in [1.29, 1.82) is 5.26 Å². The Bertz CT molecular complexity index is 914. The van der Waals surface area contributed by atoms with Crippen LogP contribution in [-0.2, 0) is 6.61 Å². The minimum absolute atomic E-state index is 0.234. The highest BCUT2D eigenvalue weighted by Gasteiger charge is 2.12. The second-order valence-corrected chi connectivity index (χ2v) is 5.41. The number of nitriles is 1. The summed E-state index contributed by atoms with van der Waals surface area (Å²) in [5.41, 5.74) is 2.42. The zero-order valence-electron chi connectivity index (χ0n) is 13.5. The van der Waals surface area contributed by atoms with Gasteiger partial charge in [0.15, 0.2) is 0 Å². The molecule has 122 valence electrons. The minimum atomic E-state index is -0.234. The SMILES string of the molecule is N#Cc1cccc(NC(=O)c2ccccc2COc2ccccc2)c1. The summed E-state index contributed by atoms with van der Waals surface area (Å²) >= 11 is 0. The van der Waals surface area contributed by atoms with Gasteiger partial charge in [-0.15, -0.1) is 0 Å². The molecule has 0 unspecified atom stereocenters. The number of carbonyl (C=O) groups is 1. The van der Waals surface area contributed by atoms with Crippen LogP contribution >= 0.6 is 0 Å². The molecule has 0 fully saturated rings. The van der Waals surface area contributed by atoms with E-state index in [1.165, 1.54) is 0 Å². The van der Waals surface area contributed by atoms with Crippen molar-refractivity contribution < 1.29 is 9.53 Å². The van der Waals surface area contributed by atoms with E-state index in [0.29, 0.717) is 23.4 Å². The molecule has 0 atom stereocenters. The van der Waals surface area contributed by atoms with E-state index < -0.39 is 0 Å². The molecule has 0 bridgehead atoms. The number of para-hydroxylation sites is 1. The maximum atomic E-state index is 12.6. The molecule has 4 nitrogen and oxygen atoms in total. The maximum Gasteiger partial charge on any atom is 0.256 e. The van der Waals surface area contributed by atoms with E-state index in [-0.39, 0.29) is 5.91 Å². The Labute approximate surface area is 146 Å². The van der Waals surface area contributed by atoms with Gasteiger partial charge in [0, 0.05) is 16.8 Å². The van der Waals surface area contributed by atoms with Crippen LogP contribution in [0.2, 0.25) is 0 Å². The number of hydrogen-bond donors (Lipinski definition) is 1. The highest BCUT2D eigenvalue weighted by molar-refractivity contribution is 6.05. The van der Waals surface area contributed by atoms with Crippen LogP contribution < -0.4 is 10.1 Å². The third kappa shape index (κ3) is 4.24. The lowest BCUT2D eigenvalue weighted by Gasteiger charge is -2.11. The predicted octanol–water partition coefficient (Wildman–Crippen LogP) is 4.39. The van der Waals surface area contributed by atoms with E-state index in [2.05, 4.69) is 11.4 Å². The number of amides is 1. The molecule has 3 aromatic carbocycles. The monoisotopic (exact) mass is 328 g/mol. The second-order valence-electron chi connectivity index (χ2n) is 5.41. The molecule has 0 saturated carbocycles. The van der Waals surface area contributed by atoms with Gasteiger partial charge >= 0.3 is 0 Å². The molecule has 0 heterocycles. The van der Waals surface area contributed by atoms with Gasteiger partial charge in [0.05, 0.1) is 11.6 Å². The van der Waals surface area contributed by atoms with E-state index >= 15 is 0 Å². The first-order valence-corrected chi connectivity index (χ1v) is 7.83. The van der Waals surface area contributed by atoms with Crippen molar-refractivity contribution in [2.45, 2.75) is 6.61 Å². The third-order valence-electron chi connectivity index (χ3n) is 3.65. The Morgan fingerprint density at radius 3 is 2.52 bits per heavy atom. The van der Waals surface area contributed by atoms with Gasteiger partial charge in [0.25, 0.3) is 5.91 Å². The van der Waals surface area contributed by atoms with Crippen LogP contribution in [0.25, 0.3) is 0 Å². The Hall–Kier alpha value is -3.58. The van der Waals surface area contributed by atoms with Crippen LogP contribution in [0.1, 0.15) is 21.5 Å². The number of nitrogens with one attached hydrogen (secondary N) is 1. The molecule has 3 rings (SSSR count). The summed E-state index contributed by atoms with van der Waals surface area (Å²) in [5.74, 6) is 0.516. The standard InChI is InChI=1S/C21H16N2O2/c22-14-16-7-6-9-18(13-16)23-21(24)20-12-5-4-8-17(20)15-25-19-10-2-1-3-11-19/h1-13H,15H2,(H,23,24). The van der Waals surface area contributed by atoms with Crippen molar-refractivity contribution in [1.82, 2.24) is 0 Å². The summed E-state index contributed by atoms with van der Waals surface area (Å²) in [7, 11) is 0. The largest absolute Gasteiger partial charge is 0.489 e. The number of nitrogens with zero attached hydrogens (tertiary/aromatic N) is 1. The molecule has 0 aliphatic rings. The van der Waals surface area contributed by atoms with Gasteiger partial charge in [0.1, 0.15) is 12.4 Å². The lowest BCUT2D eigenvalue weighted by Crippen LogP contribution is -2.15. The molecule has 0 spiro atoms. The lowest BCUT2D eigenvalue weighted by molar-refractivity contribution is 0.102. The first-order chi connectivity index (χ1) is 12.3. The van der Waals surface area contributed by atoms with Crippen LogP contribution in [0.5, 0.6) is 5.75 Å². The fourth-order valence-corrected chi connectivity index (χ4v) is 2.41. The van der Waals surface area contributed by atoms with E-state index in [0.717, 1.165) is 11.3 Å². The van der Waals surface area contributed by atoms with Gasteiger partial charge in [-0.1, -0.05) is 42.5 Å². The zero-order chi connectivity index (χ0) is 17.5. The number of anilines is 1. The van der Waals surface area contributed by atoms with Crippen LogP contribution in [0, 0.1) is 11.3 Å². The molecular formula is C21H16N2O2. The minimum Gasteiger partial charge on any atom is -0.489 e. The van der Waals surface area contributed by atoms with Gasteiger partial charge in [-0.3, -0.25) is 4.79 Å². The number of hydrogen-bond acceptors (Lipinski definition) is 3. The fourth-order valence-electron chi connectivity index (χ4n) is 2.41. The zero-order valence-corrected chi connectivity index (χ0v) is 13.5. The van der Waals surface area contributed by atoms with Gasteiger partial charge in [-0.05, 0) is 36.4 Å². The maximum absolute atomic E-state index is 12.6. The van der Waals surface area contributed by atoms with E-state index in [9.17, 15) is 4.79 Å². The summed E-state index contributed by atoms with van der Waals surface area (Å²) in [6.07, 6.45) is 0. The van der Waals surface area contributed by atoms with Gasteiger partial charge < -0.3 is 10.1 Å². The highest BCUT2D eigenvalue weighted by atomic mass is 16.5. The van der Waals surface area contributed by atoms with Gasteiger partial charge in [-0.25, -0.2) is 0 Å². The Balaban J connectivity index is 1.75. The molecule has 4 heteroatoms. The average Bonchev–Trinajstić information content (AvgIpc) is 2.67. The molecule has 1 N–H and O–H groups in total. The first-order valence-electron chi connectivity index (χ1n) is 7.83. The smallest absolute Gasteiger partial charge is 0.256 e. The summed E-state index contributed by atoms with van der Waals surface area (Å²) < 4.78 is 5.75. The van der Waals surface area contributed by atoms with Crippen molar-refractivity contribution in [3.05, 3.63) is 95.6 Å². The molecule has 0 saturated heterocycles. The van der Waals surface area contributed by atoms with Crippen LogP contribution in [0.15, 0.2) is 78.9 Å². The van der Waals surface area contributed by atoms with Crippen LogP contribution in [0.3, 0.4) is 0 Å². The Morgan fingerprint density at radius 1 is 0.960 bits per heavy atom. The molecule has 1 amide bonds. The van der Waals surface area contributed by atoms with E-state index in [1.54, 1.807) is 30.3 Å². The lowest BCUT2D eigenvalue weighted by atomic mass is 10.1. The molecular weight excluding hydrogens is 312 g/mol. The van der Waals surface area contributed by atoms with Crippen molar-refractivity contribution in [3.8, 4) is 11.8 Å². The average molecular weight is 328 g/mol. The number of rotatable bonds is 5. The van der Waals surface area contributed by atoms with Crippen molar-refractivity contribution in [2.75, 3.05) is 5.32 Å². The Morgan fingerprint density at radius 2 is 1.72 bits per heavy atom. The summed E-state index contributed by atoms with van der Waals surface area (Å²) in [6, 6.07) is 25.6. The number of ether oxygens (including phenoxy) is 1. The number of carbonyl (C=O) groups excluding carboxylic acids is 1.